The molecule has 0 spiro atoms. The molecule has 4 heterocycles. The number of aromatic amines is 1. The van der Waals surface area contributed by atoms with Crippen molar-refractivity contribution in [2.75, 3.05) is 11.4 Å². The number of aromatic nitrogens is 4. The molecule has 4 aromatic rings. The molecule has 0 amide bonds. The van der Waals surface area contributed by atoms with Gasteiger partial charge in [0.15, 0.2) is 0 Å². The van der Waals surface area contributed by atoms with Gasteiger partial charge in [0.1, 0.15) is 22.7 Å². The molecule has 7 heteroatoms. The number of nitrogens with zero attached hydrogens (tertiary/aromatic N) is 4. The Morgan fingerprint density at radius 1 is 1.23 bits per heavy atom. The lowest BCUT2D eigenvalue weighted by atomic mass is 9.90. The number of H-pyrrole nitrogens is 1. The van der Waals surface area contributed by atoms with Crippen LogP contribution in [0.15, 0.2) is 43.0 Å². The molecule has 1 aromatic carbocycles. The van der Waals surface area contributed by atoms with Crippen LogP contribution in [0, 0.1) is 6.92 Å². The zero-order valence-corrected chi connectivity index (χ0v) is 15.0. The maximum Gasteiger partial charge on any atom is 0.141 e. The monoisotopic (exact) mass is 363 g/mol. The van der Waals surface area contributed by atoms with Gasteiger partial charge >= 0.3 is 0 Å². The minimum absolute atomic E-state index is 0.0712. The van der Waals surface area contributed by atoms with E-state index in [1.54, 1.807) is 30.1 Å². The lowest BCUT2D eigenvalue weighted by molar-refractivity contribution is 0.473. The van der Waals surface area contributed by atoms with Crippen molar-refractivity contribution >= 4 is 27.4 Å². The first-order valence-electron chi connectivity index (χ1n) is 8.46. The Bertz CT molecular complexity index is 1100. The van der Waals surface area contributed by atoms with E-state index in [4.69, 9.17) is 0 Å². The lowest BCUT2D eigenvalue weighted by Gasteiger charge is -2.33. The molecule has 1 unspecified atom stereocenters. The number of hydrogen-bond donors (Lipinski definition) is 2. The second-order valence-corrected chi connectivity index (χ2v) is 7.80. The molecule has 1 aliphatic heterocycles. The highest BCUT2D eigenvalue weighted by Gasteiger charge is 2.30. The van der Waals surface area contributed by atoms with Crippen molar-refractivity contribution in [3.8, 4) is 5.75 Å². The van der Waals surface area contributed by atoms with Crippen molar-refractivity contribution in [1.29, 1.82) is 0 Å². The Morgan fingerprint density at radius 3 is 3.04 bits per heavy atom. The first kappa shape index (κ1) is 15.3. The van der Waals surface area contributed by atoms with Crippen molar-refractivity contribution in [3.05, 3.63) is 64.8 Å². The SMILES string of the molecule is Cc1cc2c(N3Cc4[nH]cnc4C(c4cccc(O)c4)C3)ncnc2s1. The Labute approximate surface area is 154 Å². The second kappa shape index (κ2) is 5.81. The zero-order valence-electron chi connectivity index (χ0n) is 14.2. The lowest BCUT2D eigenvalue weighted by Crippen LogP contribution is -2.35. The molecule has 2 N–H and O–H groups in total. The summed E-state index contributed by atoms with van der Waals surface area (Å²) < 4.78 is 0. The van der Waals surface area contributed by atoms with Crippen LogP contribution in [-0.2, 0) is 6.54 Å². The van der Waals surface area contributed by atoms with Crippen molar-refractivity contribution in [2.45, 2.75) is 19.4 Å². The molecule has 0 saturated heterocycles. The predicted molar refractivity (Wildman–Crippen MR) is 102 cm³/mol. The van der Waals surface area contributed by atoms with E-state index >= 15 is 0 Å². The molecule has 0 aliphatic carbocycles. The number of thiophene rings is 1. The molecule has 6 nitrogen and oxygen atoms in total. The summed E-state index contributed by atoms with van der Waals surface area (Å²) in [5, 5.41) is 11.0. The van der Waals surface area contributed by atoms with Gasteiger partial charge < -0.3 is 15.0 Å². The topological polar surface area (TPSA) is 77.9 Å². The van der Waals surface area contributed by atoms with Gasteiger partial charge in [-0.15, -0.1) is 11.3 Å². The first-order chi connectivity index (χ1) is 12.7. The van der Waals surface area contributed by atoms with Crippen LogP contribution < -0.4 is 4.90 Å². The van der Waals surface area contributed by atoms with Crippen LogP contribution in [0.2, 0.25) is 0 Å². The van der Waals surface area contributed by atoms with Crippen molar-refractivity contribution in [1.82, 2.24) is 19.9 Å². The summed E-state index contributed by atoms with van der Waals surface area (Å²) in [7, 11) is 0. The molecular weight excluding hydrogens is 346 g/mol. The van der Waals surface area contributed by atoms with E-state index in [2.05, 4.69) is 37.8 Å². The highest BCUT2D eigenvalue weighted by molar-refractivity contribution is 7.18. The van der Waals surface area contributed by atoms with Crippen molar-refractivity contribution in [2.24, 2.45) is 0 Å². The van der Waals surface area contributed by atoms with Gasteiger partial charge in [-0.05, 0) is 30.7 Å². The van der Waals surface area contributed by atoms with Gasteiger partial charge in [-0.2, -0.15) is 0 Å². The number of aryl methyl sites for hydroxylation is 1. The van der Waals surface area contributed by atoms with E-state index in [1.807, 2.05) is 18.2 Å². The highest BCUT2D eigenvalue weighted by atomic mass is 32.1. The normalized spacial score (nSPS) is 16.8. The summed E-state index contributed by atoms with van der Waals surface area (Å²) in [4.78, 5) is 21.3. The van der Waals surface area contributed by atoms with Crippen molar-refractivity contribution < 1.29 is 5.11 Å². The molecule has 1 aliphatic rings. The maximum absolute atomic E-state index is 9.91. The number of phenols is 1. The molecule has 1 atom stereocenters. The van der Waals surface area contributed by atoms with Crippen LogP contribution in [0.25, 0.3) is 10.2 Å². The van der Waals surface area contributed by atoms with Gasteiger partial charge in [-0.3, -0.25) is 0 Å². The van der Waals surface area contributed by atoms with Crippen molar-refractivity contribution in [3.63, 3.8) is 0 Å². The van der Waals surface area contributed by atoms with Crippen LogP contribution in [0.4, 0.5) is 5.82 Å². The summed E-state index contributed by atoms with van der Waals surface area (Å²) in [6.07, 6.45) is 3.38. The molecule has 0 fully saturated rings. The number of rotatable bonds is 2. The average molecular weight is 363 g/mol. The standard InChI is InChI=1S/C19H17N5OS/c1-11-5-14-18(22-10-23-19(14)26-11)24-7-15(12-3-2-4-13(25)6-12)17-16(8-24)20-9-21-17/h2-6,9-10,15,25H,7-8H2,1H3,(H,20,21). The van der Waals surface area contributed by atoms with Gasteiger partial charge in [0.05, 0.1) is 29.6 Å². The van der Waals surface area contributed by atoms with E-state index in [0.29, 0.717) is 0 Å². The molecular formula is C19H17N5OS. The fourth-order valence-electron chi connectivity index (χ4n) is 3.70. The number of imidazole rings is 1. The number of benzene rings is 1. The minimum Gasteiger partial charge on any atom is -0.508 e. The third-order valence-electron chi connectivity index (χ3n) is 4.84. The number of aromatic hydroxyl groups is 1. The molecule has 0 radical (unpaired) electrons. The molecule has 26 heavy (non-hydrogen) atoms. The number of anilines is 1. The van der Waals surface area contributed by atoms with E-state index in [9.17, 15) is 5.11 Å². The Morgan fingerprint density at radius 2 is 2.15 bits per heavy atom. The fourth-order valence-corrected chi connectivity index (χ4v) is 4.54. The van der Waals surface area contributed by atoms with Gasteiger partial charge in [0.2, 0.25) is 0 Å². The number of nitrogens with one attached hydrogen (secondary N) is 1. The van der Waals surface area contributed by atoms with Crippen LogP contribution in [0.1, 0.15) is 27.7 Å². The first-order valence-corrected chi connectivity index (χ1v) is 9.28. The quantitative estimate of drug-likeness (QED) is 0.569. The molecule has 0 saturated carbocycles. The number of hydrogen-bond acceptors (Lipinski definition) is 6. The van der Waals surface area contributed by atoms with E-state index < -0.39 is 0 Å². The second-order valence-electron chi connectivity index (χ2n) is 6.57. The summed E-state index contributed by atoms with van der Waals surface area (Å²) in [6.45, 7) is 3.57. The summed E-state index contributed by atoms with van der Waals surface area (Å²) in [5.41, 5.74) is 3.18. The summed E-state index contributed by atoms with van der Waals surface area (Å²) in [6, 6.07) is 9.58. The van der Waals surface area contributed by atoms with Crippen LogP contribution in [-0.4, -0.2) is 31.6 Å². The smallest absolute Gasteiger partial charge is 0.141 e. The Kier molecular flexibility index (Phi) is 3.43. The molecule has 0 bridgehead atoms. The van der Waals surface area contributed by atoms with Crippen LogP contribution in [0.5, 0.6) is 5.75 Å². The number of phenolic OH excluding ortho intramolecular Hbond substituents is 1. The third-order valence-corrected chi connectivity index (χ3v) is 5.80. The van der Waals surface area contributed by atoms with E-state index in [0.717, 1.165) is 46.1 Å². The zero-order chi connectivity index (χ0) is 17.7. The minimum atomic E-state index is 0.0712. The van der Waals surface area contributed by atoms with Crippen LogP contribution in [0.3, 0.4) is 0 Å². The van der Waals surface area contributed by atoms with Crippen LogP contribution >= 0.6 is 11.3 Å². The van der Waals surface area contributed by atoms with Gasteiger partial charge in [0.25, 0.3) is 0 Å². The molecule has 130 valence electrons. The average Bonchev–Trinajstić information content (AvgIpc) is 3.25. The largest absolute Gasteiger partial charge is 0.508 e. The summed E-state index contributed by atoms with van der Waals surface area (Å²) >= 11 is 1.69. The third kappa shape index (κ3) is 2.43. The summed E-state index contributed by atoms with van der Waals surface area (Å²) in [5.74, 6) is 1.29. The predicted octanol–water partition coefficient (Wildman–Crippen LogP) is 3.58. The van der Waals surface area contributed by atoms with Gasteiger partial charge in [-0.25, -0.2) is 15.0 Å². The molecule has 5 rings (SSSR count). The van der Waals surface area contributed by atoms with E-state index in [1.165, 1.54) is 4.88 Å². The maximum atomic E-state index is 9.91. The van der Waals surface area contributed by atoms with Gasteiger partial charge in [-0.1, -0.05) is 12.1 Å². The van der Waals surface area contributed by atoms with E-state index in [-0.39, 0.29) is 11.7 Å². The Balaban J connectivity index is 1.61. The highest BCUT2D eigenvalue weighted by Crippen LogP contribution is 2.37. The molecule has 3 aromatic heterocycles. The number of fused-ring (bicyclic) bond motifs is 2. The fraction of sp³-hybridized carbons (Fsp3) is 0.211. The Hall–Kier alpha value is -2.93. The van der Waals surface area contributed by atoms with Gasteiger partial charge in [0, 0.05) is 17.3 Å².